The second kappa shape index (κ2) is 6.17. The average molecular weight is 302 g/mol. The fraction of sp³-hybridized carbons (Fsp3) is 0.438. The first kappa shape index (κ1) is 14.6. The summed E-state index contributed by atoms with van der Waals surface area (Å²) in [5.74, 6) is -0.602. The van der Waals surface area contributed by atoms with Crippen molar-refractivity contribution in [2.24, 2.45) is 0 Å². The van der Waals surface area contributed by atoms with Gasteiger partial charge in [0, 0.05) is 18.5 Å². The predicted molar refractivity (Wildman–Crippen MR) is 79.1 cm³/mol. The van der Waals surface area contributed by atoms with E-state index in [1.165, 1.54) is 0 Å². The highest BCUT2D eigenvalue weighted by molar-refractivity contribution is 5.86. The number of esters is 1. The highest BCUT2D eigenvalue weighted by Crippen LogP contribution is 2.18. The minimum atomic E-state index is -0.760. The smallest absolute Gasteiger partial charge is 0.312 e. The van der Waals surface area contributed by atoms with Crippen molar-refractivity contribution in [3.05, 3.63) is 30.0 Å². The molecule has 0 saturated carbocycles. The van der Waals surface area contributed by atoms with Gasteiger partial charge in [-0.3, -0.25) is 9.59 Å². The van der Waals surface area contributed by atoms with Gasteiger partial charge >= 0.3 is 5.97 Å². The topological polar surface area (TPSA) is 72.6 Å². The molecule has 3 rings (SSSR count). The molecule has 6 nitrogen and oxygen atoms in total. The summed E-state index contributed by atoms with van der Waals surface area (Å²) in [7, 11) is 0. The lowest BCUT2D eigenvalue weighted by Crippen LogP contribution is -2.38. The Kier molecular flexibility index (Phi) is 4.09. The third-order valence-corrected chi connectivity index (χ3v) is 3.84. The van der Waals surface area contributed by atoms with E-state index >= 15 is 0 Å². The minimum absolute atomic E-state index is 0.00532. The van der Waals surface area contributed by atoms with E-state index in [1.54, 1.807) is 17.9 Å². The van der Waals surface area contributed by atoms with Gasteiger partial charge in [0.05, 0.1) is 6.42 Å². The second-order valence-electron chi connectivity index (χ2n) is 5.47. The fourth-order valence-corrected chi connectivity index (χ4v) is 2.69. The monoisotopic (exact) mass is 302 g/mol. The quantitative estimate of drug-likeness (QED) is 0.807. The first-order valence-corrected chi connectivity index (χ1v) is 7.46. The van der Waals surface area contributed by atoms with Crippen LogP contribution in [0.15, 0.2) is 28.8 Å². The number of amides is 1. The van der Waals surface area contributed by atoms with E-state index in [2.05, 4.69) is 5.16 Å². The zero-order valence-corrected chi connectivity index (χ0v) is 12.4. The standard InChI is InChI=1S/C16H18N2O4/c1-11(16(20)18-8-4-5-9-18)21-15(19)10-13-12-6-2-3-7-14(12)22-17-13/h2-3,6-7,11H,4-5,8-10H2,1H3/t11-/m1/s1. The summed E-state index contributed by atoms with van der Waals surface area (Å²) >= 11 is 0. The molecule has 0 bridgehead atoms. The predicted octanol–water partition coefficient (Wildman–Crippen LogP) is 1.92. The Morgan fingerprint density at radius 1 is 1.32 bits per heavy atom. The van der Waals surface area contributed by atoms with Gasteiger partial charge in [-0.05, 0) is 31.9 Å². The Morgan fingerprint density at radius 2 is 2.05 bits per heavy atom. The zero-order valence-electron chi connectivity index (χ0n) is 12.4. The zero-order chi connectivity index (χ0) is 15.5. The molecule has 0 N–H and O–H groups in total. The number of hydrogen-bond acceptors (Lipinski definition) is 5. The highest BCUT2D eigenvalue weighted by atomic mass is 16.5. The van der Waals surface area contributed by atoms with Crippen LogP contribution in [0.2, 0.25) is 0 Å². The largest absolute Gasteiger partial charge is 0.452 e. The van der Waals surface area contributed by atoms with Crippen LogP contribution in [0.5, 0.6) is 0 Å². The Hall–Kier alpha value is -2.37. The maximum atomic E-state index is 12.1. The third kappa shape index (κ3) is 2.95. The second-order valence-corrected chi connectivity index (χ2v) is 5.47. The van der Waals surface area contributed by atoms with Crippen molar-refractivity contribution in [3.63, 3.8) is 0 Å². The number of nitrogens with zero attached hydrogens (tertiary/aromatic N) is 2. The number of carbonyl (C=O) groups excluding carboxylic acids is 2. The Labute approximate surface area is 128 Å². The van der Waals surface area contributed by atoms with Crippen LogP contribution in [-0.2, 0) is 20.7 Å². The summed E-state index contributed by atoms with van der Waals surface area (Å²) in [5.41, 5.74) is 1.16. The molecule has 2 heterocycles. The van der Waals surface area contributed by atoms with Crippen molar-refractivity contribution in [1.82, 2.24) is 10.1 Å². The molecule has 116 valence electrons. The van der Waals surface area contributed by atoms with Crippen LogP contribution in [0.3, 0.4) is 0 Å². The van der Waals surface area contributed by atoms with Gasteiger partial charge in [0.25, 0.3) is 5.91 Å². The molecule has 1 aromatic carbocycles. The maximum Gasteiger partial charge on any atom is 0.312 e. The summed E-state index contributed by atoms with van der Waals surface area (Å²) in [6.45, 7) is 3.10. The first-order valence-electron chi connectivity index (χ1n) is 7.46. The summed E-state index contributed by atoms with van der Waals surface area (Å²) in [5, 5.41) is 4.68. The lowest BCUT2D eigenvalue weighted by molar-refractivity contribution is -0.158. The molecule has 22 heavy (non-hydrogen) atoms. The molecule has 0 spiro atoms. The normalized spacial score (nSPS) is 16.0. The summed E-state index contributed by atoms with van der Waals surface area (Å²) in [6, 6.07) is 7.32. The number of fused-ring (bicyclic) bond motifs is 1. The molecule has 1 saturated heterocycles. The number of aromatic nitrogens is 1. The molecular formula is C16H18N2O4. The molecule has 1 atom stereocenters. The molecule has 1 aliphatic heterocycles. The van der Waals surface area contributed by atoms with Crippen LogP contribution in [-0.4, -0.2) is 41.1 Å². The fourth-order valence-electron chi connectivity index (χ4n) is 2.69. The number of likely N-dealkylation sites (tertiary alicyclic amines) is 1. The van der Waals surface area contributed by atoms with Gasteiger partial charge < -0.3 is 14.2 Å². The molecule has 1 fully saturated rings. The summed E-state index contributed by atoms with van der Waals surface area (Å²) in [6.07, 6.45) is 1.26. The minimum Gasteiger partial charge on any atom is -0.452 e. The Balaban J connectivity index is 1.61. The van der Waals surface area contributed by atoms with Gasteiger partial charge in [0.2, 0.25) is 0 Å². The van der Waals surface area contributed by atoms with Crippen molar-refractivity contribution in [3.8, 4) is 0 Å². The third-order valence-electron chi connectivity index (χ3n) is 3.84. The highest BCUT2D eigenvalue weighted by Gasteiger charge is 2.26. The van der Waals surface area contributed by atoms with Crippen LogP contribution in [0.25, 0.3) is 11.0 Å². The molecule has 6 heteroatoms. The molecule has 1 amide bonds. The van der Waals surface area contributed by atoms with Crippen molar-refractivity contribution in [1.29, 1.82) is 0 Å². The van der Waals surface area contributed by atoms with E-state index in [1.807, 2.05) is 18.2 Å². The maximum absolute atomic E-state index is 12.1. The van der Waals surface area contributed by atoms with Gasteiger partial charge in [0.15, 0.2) is 11.7 Å². The molecular weight excluding hydrogens is 284 g/mol. The van der Waals surface area contributed by atoms with Crippen LogP contribution in [0.1, 0.15) is 25.5 Å². The van der Waals surface area contributed by atoms with E-state index in [0.717, 1.165) is 31.3 Å². The van der Waals surface area contributed by atoms with Gasteiger partial charge in [-0.2, -0.15) is 0 Å². The van der Waals surface area contributed by atoms with E-state index in [4.69, 9.17) is 9.26 Å². The van der Waals surface area contributed by atoms with Crippen LogP contribution >= 0.6 is 0 Å². The number of rotatable bonds is 4. The van der Waals surface area contributed by atoms with E-state index in [9.17, 15) is 9.59 Å². The molecule has 1 aromatic heterocycles. The van der Waals surface area contributed by atoms with E-state index in [0.29, 0.717) is 11.3 Å². The molecule has 0 unspecified atom stereocenters. The van der Waals surface area contributed by atoms with E-state index < -0.39 is 12.1 Å². The van der Waals surface area contributed by atoms with Gasteiger partial charge in [-0.25, -0.2) is 0 Å². The summed E-state index contributed by atoms with van der Waals surface area (Å²) < 4.78 is 10.4. The van der Waals surface area contributed by atoms with E-state index in [-0.39, 0.29) is 12.3 Å². The first-order chi connectivity index (χ1) is 10.6. The van der Waals surface area contributed by atoms with Gasteiger partial charge in [-0.1, -0.05) is 17.3 Å². The van der Waals surface area contributed by atoms with Gasteiger partial charge in [0.1, 0.15) is 5.69 Å². The molecule has 1 aliphatic rings. The SMILES string of the molecule is C[C@@H](OC(=O)Cc1noc2ccccc12)C(=O)N1CCCC1. The molecule has 0 radical (unpaired) electrons. The lowest BCUT2D eigenvalue weighted by Gasteiger charge is -2.20. The van der Waals surface area contributed by atoms with Crippen molar-refractivity contribution >= 4 is 22.8 Å². The van der Waals surface area contributed by atoms with Crippen molar-refractivity contribution < 1.29 is 18.8 Å². The Bertz CT molecular complexity index is 688. The van der Waals surface area contributed by atoms with Crippen LogP contribution in [0.4, 0.5) is 0 Å². The number of carbonyl (C=O) groups is 2. The van der Waals surface area contributed by atoms with Gasteiger partial charge in [-0.15, -0.1) is 0 Å². The average Bonchev–Trinajstić information content (AvgIpc) is 3.17. The number of ether oxygens (including phenoxy) is 1. The number of hydrogen-bond donors (Lipinski definition) is 0. The van der Waals surface area contributed by atoms with Crippen molar-refractivity contribution in [2.45, 2.75) is 32.3 Å². The Morgan fingerprint density at radius 3 is 2.82 bits per heavy atom. The number of para-hydroxylation sites is 1. The van der Waals surface area contributed by atoms with Crippen LogP contribution in [0, 0.1) is 0 Å². The lowest BCUT2D eigenvalue weighted by atomic mass is 10.2. The number of benzene rings is 1. The molecule has 2 aromatic rings. The van der Waals surface area contributed by atoms with Crippen molar-refractivity contribution in [2.75, 3.05) is 13.1 Å². The summed E-state index contributed by atoms with van der Waals surface area (Å²) in [4.78, 5) is 25.9. The molecule has 0 aliphatic carbocycles. The van der Waals surface area contributed by atoms with Crippen LogP contribution < -0.4 is 0 Å².